The van der Waals surface area contributed by atoms with Gasteiger partial charge in [0.15, 0.2) is 5.82 Å². The zero-order chi connectivity index (χ0) is 24.1. The summed E-state index contributed by atoms with van der Waals surface area (Å²) in [4.78, 5) is 16.6. The molecule has 0 aliphatic heterocycles. The van der Waals surface area contributed by atoms with Crippen LogP contribution >= 0.6 is 0 Å². The highest BCUT2D eigenvalue weighted by atomic mass is 19.4. The van der Waals surface area contributed by atoms with Crippen LogP contribution in [0.15, 0.2) is 79.1 Å². The number of urea groups is 1. The molecule has 0 aliphatic carbocycles. The average molecular weight is 467 g/mol. The van der Waals surface area contributed by atoms with Crippen molar-refractivity contribution in [2.24, 2.45) is 0 Å². The molecule has 4 rings (SSSR count). The number of ether oxygens (including phenoxy) is 1. The van der Waals surface area contributed by atoms with E-state index >= 15 is 0 Å². The van der Waals surface area contributed by atoms with Gasteiger partial charge in [-0.15, -0.1) is 18.3 Å². The standard InChI is InChI=1S/C24H20F3N5O2/c1-2-16-5-3-4-6-21(16)30-23(33)29-18-9-7-17(8-10-18)22-28-15-32(31-22)19-11-13-20(14-12-19)34-24(25,26)27/h3-15H,2H2,1H3,(H2,29,30,33). The lowest BCUT2D eigenvalue weighted by Gasteiger charge is -2.11. The van der Waals surface area contributed by atoms with Gasteiger partial charge in [0.25, 0.3) is 0 Å². The summed E-state index contributed by atoms with van der Waals surface area (Å²) in [5.74, 6) is 0.102. The summed E-state index contributed by atoms with van der Waals surface area (Å²) in [6, 6.07) is 19.5. The van der Waals surface area contributed by atoms with Gasteiger partial charge in [0.1, 0.15) is 12.1 Å². The van der Waals surface area contributed by atoms with Crippen molar-refractivity contribution in [3.8, 4) is 22.8 Å². The minimum Gasteiger partial charge on any atom is -0.406 e. The normalized spacial score (nSPS) is 11.2. The smallest absolute Gasteiger partial charge is 0.406 e. The average Bonchev–Trinajstić information content (AvgIpc) is 3.30. The first-order chi connectivity index (χ1) is 16.3. The van der Waals surface area contributed by atoms with Crippen LogP contribution < -0.4 is 15.4 Å². The predicted octanol–water partition coefficient (Wildman–Crippen LogP) is 6.04. The molecule has 0 saturated carbocycles. The van der Waals surface area contributed by atoms with Crippen LogP contribution in [-0.2, 0) is 6.42 Å². The first-order valence-corrected chi connectivity index (χ1v) is 10.3. The second kappa shape index (κ2) is 9.65. The molecule has 0 bridgehead atoms. The maximum Gasteiger partial charge on any atom is 0.573 e. The van der Waals surface area contributed by atoms with Gasteiger partial charge in [-0.25, -0.2) is 14.5 Å². The summed E-state index contributed by atoms with van der Waals surface area (Å²) in [7, 11) is 0. The lowest BCUT2D eigenvalue weighted by molar-refractivity contribution is -0.274. The van der Waals surface area contributed by atoms with Crippen molar-refractivity contribution in [3.05, 3.63) is 84.7 Å². The summed E-state index contributed by atoms with van der Waals surface area (Å²) < 4.78 is 42.2. The van der Waals surface area contributed by atoms with E-state index in [4.69, 9.17) is 0 Å². The molecule has 0 unspecified atom stereocenters. The van der Waals surface area contributed by atoms with Crippen LogP contribution in [-0.4, -0.2) is 27.2 Å². The van der Waals surface area contributed by atoms with E-state index in [0.717, 1.165) is 17.7 Å². The quantitative estimate of drug-likeness (QED) is 0.362. The number of alkyl halides is 3. The largest absolute Gasteiger partial charge is 0.573 e. The molecule has 0 aliphatic rings. The Morgan fingerprint density at radius 3 is 2.35 bits per heavy atom. The highest BCUT2D eigenvalue weighted by Crippen LogP contribution is 2.24. The molecule has 4 aromatic rings. The molecule has 0 atom stereocenters. The van der Waals surface area contributed by atoms with Gasteiger partial charge in [-0.05, 0) is 66.6 Å². The SMILES string of the molecule is CCc1ccccc1NC(=O)Nc1ccc(-c2ncn(-c3ccc(OC(F)(F)F)cc3)n2)cc1. The first kappa shape index (κ1) is 22.8. The maximum atomic E-state index is 12.3. The number of para-hydroxylation sites is 1. The number of anilines is 2. The van der Waals surface area contributed by atoms with Crippen molar-refractivity contribution >= 4 is 17.4 Å². The topological polar surface area (TPSA) is 81.1 Å². The number of hydrogen-bond acceptors (Lipinski definition) is 4. The van der Waals surface area contributed by atoms with Crippen LogP contribution in [0.5, 0.6) is 5.75 Å². The van der Waals surface area contributed by atoms with Crippen LogP contribution in [0.1, 0.15) is 12.5 Å². The van der Waals surface area contributed by atoms with Gasteiger partial charge in [0.05, 0.1) is 5.69 Å². The molecule has 1 aromatic heterocycles. The van der Waals surface area contributed by atoms with Crippen molar-refractivity contribution < 1.29 is 22.7 Å². The second-order valence-corrected chi connectivity index (χ2v) is 7.22. The Bertz CT molecular complexity index is 1270. The number of amides is 2. The minimum absolute atomic E-state index is 0.318. The zero-order valence-electron chi connectivity index (χ0n) is 18.0. The van der Waals surface area contributed by atoms with Gasteiger partial charge in [-0.3, -0.25) is 0 Å². The van der Waals surface area contributed by atoms with Crippen molar-refractivity contribution in [1.82, 2.24) is 14.8 Å². The molecular formula is C24H20F3N5O2. The lowest BCUT2D eigenvalue weighted by atomic mass is 10.1. The van der Waals surface area contributed by atoms with Gasteiger partial charge in [0, 0.05) is 16.9 Å². The fraction of sp³-hybridized carbons (Fsp3) is 0.125. The maximum absolute atomic E-state index is 12.3. The minimum atomic E-state index is -4.75. The molecular weight excluding hydrogens is 447 g/mol. The van der Waals surface area contributed by atoms with Crippen molar-refractivity contribution in [2.75, 3.05) is 10.6 Å². The van der Waals surface area contributed by atoms with E-state index in [9.17, 15) is 18.0 Å². The van der Waals surface area contributed by atoms with Crippen LogP contribution in [0.2, 0.25) is 0 Å². The third-order valence-electron chi connectivity index (χ3n) is 4.87. The predicted molar refractivity (Wildman–Crippen MR) is 122 cm³/mol. The summed E-state index contributed by atoms with van der Waals surface area (Å²) >= 11 is 0. The third-order valence-corrected chi connectivity index (χ3v) is 4.87. The number of hydrogen-bond donors (Lipinski definition) is 2. The number of carbonyl (C=O) groups is 1. The Morgan fingerprint density at radius 1 is 0.971 bits per heavy atom. The Morgan fingerprint density at radius 2 is 1.68 bits per heavy atom. The number of benzene rings is 3. The molecule has 0 spiro atoms. The number of aryl methyl sites for hydroxylation is 1. The van der Waals surface area contributed by atoms with Crippen LogP contribution in [0.4, 0.5) is 29.3 Å². The van der Waals surface area contributed by atoms with E-state index in [2.05, 4.69) is 25.5 Å². The van der Waals surface area contributed by atoms with Gasteiger partial charge in [-0.1, -0.05) is 25.1 Å². The van der Waals surface area contributed by atoms with E-state index in [1.54, 1.807) is 24.3 Å². The Balaban J connectivity index is 1.40. The first-order valence-electron chi connectivity index (χ1n) is 10.3. The molecule has 2 N–H and O–H groups in total. The van der Waals surface area contributed by atoms with E-state index in [1.807, 2.05) is 31.2 Å². The molecule has 3 aromatic carbocycles. The number of rotatable bonds is 6. The van der Waals surface area contributed by atoms with Crippen LogP contribution in [0, 0.1) is 0 Å². The Hall–Kier alpha value is -4.34. The van der Waals surface area contributed by atoms with E-state index < -0.39 is 6.36 Å². The third kappa shape index (κ3) is 5.71. The monoisotopic (exact) mass is 467 g/mol. The summed E-state index contributed by atoms with van der Waals surface area (Å²) in [6.45, 7) is 2.02. The van der Waals surface area contributed by atoms with E-state index in [-0.39, 0.29) is 11.8 Å². The molecule has 7 nitrogen and oxygen atoms in total. The summed E-state index contributed by atoms with van der Waals surface area (Å²) in [6.07, 6.45) is -2.49. The van der Waals surface area contributed by atoms with Crippen molar-refractivity contribution in [1.29, 1.82) is 0 Å². The Kier molecular flexibility index (Phi) is 6.48. The van der Waals surface area contributed by atoms with Gasteiger partial charge in [0.2, 0.25) is 0 Å². The molecule has 0 radical (unpaired) electrons. The van der Waals surface area contributed by atoms with Gasteiger partial charge in [-0.2, -0.15) is 0 Å². The van der Waals surface area contributed by atoms with Crippen molar-refractivity contribution in [2.45, 2.75) is 19.7 Å². The van der Waals surface area contributed by atoms with Crippen LogP contribution in [0.3, 0.4) is 0 Å². The Labute approximate surface area is 193 Å². The highest BCUT2D eigenvalue weighted by Gasteiger charge is 2.31. The second-order valence-electron chi connectivity index (χ2n) is 7.22. The molecule has 2 amide bonds. The number of nitrogens with one attached hydrogen (secondary N) is 2. The molecule has 0 saturated heterocycles. The number of nitrogens with zero attached hydrogens (tertiary/aromatic N) is 3. The fourth-order valence-corrected chi connectivity index (χ4v) is 3.26. The fourth-order valence-electron chi connectivity index (χ4n) is 3.26. The number of aromatic nitrogens is 3. The van der Waals surface area contributed by atoms with Crippen molar-refractivity contribution in [3.63, 3.8) is 0 Å². The van der Waals surface area contributed by atoms with Gasteiger partial charge < -0.3 is 15.4 Å². The number of halogens is 3. The van der Waals surface area contributed by atoms with E-state index in [1.165, 1.54) is 35.3 Å². The molecule has 10 heteroatoms. The highest BCUT2D eigenvalue weighted by molar-refractivity contribution is 6.00. The lowest BCUT2D eigenvalue weighted by Crippen LogP contribution is -2.20. The van der Waals surface area contributed by atoms with Gasteiger partial charge >= 0.3 is 12.4 Å². The summed E-state index contributed by atoms with van der Waals surface area (Å²) in [5.41, 5.74) is 3.62. The molecule has 0 fully saturated rings. The zero-order valence-corrected chi connectivity index (χ0v) is 18.0. The molecule has 174 valence electrons. The molecule has 34 heavy (non-hydrogen) atoms. The molecule has 1 heterocycles. The number of carbonyl (C=O) groups excluding carboxylic acids is 1. The van der Waals surface area contributed by atoms with Crippen LogP contribution in [0.25, 0.3) is 17.1 Å². The summed E-state index contributed by atoms with van der Waals surface area (Å²) in [5, 5.41) is 9.99. The van der Waals surface area contributed by atoms with E-state index in [0.29, 0.717) is 22.8 Å².